The van der Waals surface area contributed by atoms with Crippen LogP contribution in [0.3, 0.4) is 0 Å². The maximum absolute atomic E-state index is 10.5. The van der Waals surface area contributed by atoms with Gasteiger partial charge in [0.1, 0.15) is 11.5 Å². The van der Waals surface area contributed by atoms with Gasteiger partial charge in [0.15, 0.2) is 0 Å². The van der Waals surface area contributed by atoms with Crippen molar-refractivity contribution in [3.8, 4) is 5.75 Å². The number of aliphatic hydroxyl groups excluding tert-OH is 1. The number of hydrogen-bond acceptors (Lipinski definition) is 2. The molecule has 90 valence electrons. The number of fused-ring (bicyclic) bond motifs is 1. The molecule has 0 saturated heterocycles. The molecular weight excluding hydrogens is 224 g/mol. The predicted octanol–water partition coefficient (Wildman–Crippen LogP) is 3.41. The summed E-state index contributed by atoms with van der Waals surface area (Å²) in [5.41, 5.74) is 1.88. The Labute approximate surface area is 106 Å². The quantitative estimate of drug-likeness (QED) is 0.868. The van der Waals surface area contributed by atoms with E-state index in [0.717, 1.165) is 16.9 Å². The monoisotopic (exact) mass is 238 g/mol. The summed E-state index contributed by atoms with van der Waals surface area (Å²) in [5.74, 6) is 1.21. The highest BCUT2D eigenvalue weighted by molar-refractivity contribution is 5.47. The lowest BCUT2D eigenvalue weighted by Crippen LogP contribution is -2.10. The molecule has 2 atom stereocenters. The van der Waals surface area contributed by atoms with Crippen LogP contribution in [0, 0.1) is 0 Å². The van der Waals surface area contributed by atoms with Gasteiger partial charge in [-0.3, -0.25) is 0 Å². The molecule has 0 amide bonds. The second-order valence-corrected chi connectivity index (χ2v) is 4.44. The van der Waals surface area contributed by atoms with Gasteiger partial charge in [0, 0.05) is 5.56 Å². The van der Waals surface area contributed by atoms with Crippen molar-refractivity contribution < 1.29 is 9.84 Å². The van der Waals surface area contributed by atoms with E-state index in [1.54, 1.807) is 0 Å². The summed E-state index contributed by atoms with van der Waals surface area (Å²) in [7, 11) is 0. The molecule has 2 heteroatoms. The number of rotatable bonds is 2. The molecule has 0 aromatic heterocycles. The van der Waals surface area contributed by atoms with Crippen LogP contribution in [0.25, 0.3) is 0 Å². The summed E-state index contributed by atoms with van der Waals surface area (Å²) in [5, 5.41) is 10.5. The topological polar surface area (TPSA) is 29.5 Å². The van der Waals surface area contributed by atoms with Crippen molar-refractivity contribution >= 4 is 0 Å². The van der Waals surface area contributed by atoms with E-state index in [1.165, 1.54) is 0 Å². The van der Waals surface area contributed by atoms with Gasteiger partial charge in [-0.2, -0.15) is 0 Å². The zero-order chi connectivity index (χ0) is 12.5. The Kier molecular flexibility index (Phi) is 2.65. The average Bonchev–Trinajstić information content (AvgIpc) is 2.75. The fourth-order valence-electron chi connectivity index (χ4n) is 2.40. The summed E-state index contributed by atoms with van der Waals surface area (Å²) in [6.45, 7) is 3.91. The smallest absolute Gasteiger partial charge is 0.130 e. The van der Waals surface area contributed by atoms with Crippen molar-refractivity contribution in [2.75, 3.05) is 0 Å². The fourth-order valence-corrected chi connectivity index (χ4v) is 2.40. The predicted molar refractivity (Wildman–Crippen MR) is 70.4 cm³/mol. The van der Waals surface area contributed by atoms with Crippen LogP contribution in [0.15, 0.2) is 66.9 Å². The lowest BCUT2D eigenvalue weighted by Gasteiger charge is -2.18. The Morgan fingerprint density at radius 1 is 1.00 bits per heavy atom. The molecule has 0 bridgehead atoms. The minimum Gasteiger partial charge on any atom is -0.461 e. The van der Waals surface area contributed by atoms with Crippen LogP contribution in [-0.4, -0.2) is 5.11 Å². The molecule has 0 unspecified atom stereocenters. The van der Waals surface area contributed by atoms with Gasteiger partial charge in [0.25, 0.3) is 0 Å². The maximum Gasteiger partial charge on any atom is 0.130 e. The van der Waals surface area contributed by atoms with E-state index in [1.807, 2.05) is 54.6 Å². The minimum atomic E-state index is -0.623. The SMILES string of the molecule is C=C1Oc2ccccc2[C@@H]1[C@H](O)c1ccccc1. The van der Waals surface area contributed by atoms with Gasteiger partial charge in [-0.15, -0.1) is 0 Å². The van der Waals surface area contributed by atoms with Crippen molar-refractivity contribution in [3.63, 3.8) is 0 Å². The Morgan fingerprint density at radius 3 is 2.44 bits per heavy atom. The fraction of sp³-hybridized carbons (Fsp3) is 0.125. The van der Waals surface area contributed by atoms with Crippen LogP contribution >= 0.6 is 0 Å². The number of benzene rings is 2. The molecule has 2 aromatic rings. The highest BCUT2D eigenvalue weighted by Gasteiger charge is 2.34. The number of para-hydroxylation sites is 1. The van der Waals surface area contributed by atoms with Crippen molar-refractivity contribution in [3.05, 3.63) is 78.1 Å². The summed E-state index contributed by atoms with van der Waals surface area (Å²) in [6.07, 6.45) is -0.623. The summed E-state index contributed by atoms with van der Waals surface area (Å²) in [4.78, 5) is 0. The molecule has 0 saturated carbocycles. The first-order valence-electron chi connectivity index (χ1n) is 5.96. The van der Waals surface area contributed by atoms with Crippen LogP contribution < -0.4 is 4.74 Å². The van der Waals surface area contributed by atoms with E-state index in [2.05, 4.69) is 6.58 Å². The first-order valence-corrected chi connectivity index (χ1v) is 5.96. The maximum atomic E-state index is 10.5. The van der Waals surface area contributed by atoms with Crippen LogP contribution in [-0.2, 0) is 0 Å². The standard InChI is InChI=1S/C16H14O2/c1-11-15(13-9-5-6-10-14(13)18-11)16(17)12-7-3-2-4-8-12/h2-10,15-17H,1H2/t15-,16-/m1/s1. The van der Waals surface area contributed by atoms with Gasteiger partial charge in [-0.25, -0.2) is 0 Å². The normalized spacial score (nSPS) is 19.2. The van der Waals surface area contributed by atoms with Crippen LogP contribution in [0.4, 0.5) is 0 Å². The summed E-state index contributed by atoms with van der Waals surface area (Å²) >= 11 is 0. The third-order valence-electron chi connectivity index (χ3n) is 3.30. The van der Waals surface area contributed by atoms with E-state index in [4.69, 9.17) is 4.74 Å². The first-order chi connectivity index (χ1) is 8.77. The van der Waals surface area contributed by atoms with Crippen LogP contribution in [0.1, 0.15) is 23.1 Å². The van der Waals surface area contributed by atoms with E-state index in [0.29, 0.717) is 5.76 Å². The molecule has 18 heavy (non-hydrogen) atoms. The van der Waals surface area contributed by atoms with Crippen LogP contribution in [0.5, 0.6) is 5.75 Å². The van der Waals surface area contributed by atoms with Gasteiger partial charge in [0.05, 0.1) is 12.0 Å². The van der Waals surface area contributed by atoms with E-state index in [-0.39, 0.29) is 5.92 Å². The second kappa shape index (κ2) is 4.31. The van der Waals surface area contributed by atoms with E-state index < -0.39 is 6.10 Å². The Bertz CT molecular complexity index is 575. The number of aliphatic hydroxyl groups is 1. The van der Waals surface area contributed by atoms with Gasteiger partial charge in [0.2, 0.25) is 0 Å². The number of ether oxygens (including phenoxy) is 1. The minimum absolute atomic E-state index is 0.191. The molecule has 0 spiro atoms. The summed E-state index contributed by atoms with van der Waals surface area (Å²) < 4.78 is 5.61. The molecule has 2 nitrogen and oxygen atoms in total. The molecule has 0 radical (unpaired) electrons. The molecular formula is C16H14O2. The Balaban J connectivity index is 2.00. The molecule has 1 heterocycles. The van der Waals surface area contributed by atoms with Crippen molar-refractivity contribution in [2.45, 2.75) is 12.0 Å². The second-order valence-electron chi connectivity index (χ2n) is 4.44. The van der Waals surface area contributed by atoms with Gasteiger partial charge in [-0.1, -0.05) is 55.1 Å². The van der Waals surface area contributed by atoms with Crippen molar-refractivity contribution in [1.29, 1.82) is 0 Å². The lowest BCUT2D eigenvalue weighted by molar-refractivity contribution is 0.151. The van der Waals surface area contributed by atoms with E-state index in [9.17, 15) is 5.11 Å². The average molecular weight is 238 g/mol. The molecule has 1 aliphatic heterocycles. The lowest BCUT2D eigenvalue weighted by atomic mass is 9.89. The van der Waals surface area contributed by atoms with Crippen LogP contribution in [0.2, 0.25) is 0 Å². The zero-order valence-corrected chi connectivity index (χ0v) is 9.91. The molecule has 1 aliphatic rings. The number of hydrogen-bond donors (Lipinski definition) is 1. The summed E-state index contributed by atoms with van der Waals surface area (Å²) in [6, 6.07) is 17.4. The van der Waals surface area contributed by atoms with Gasteiger partial charge >= 0.3 is 0 Å². The van der Waals surface area contributed by atoms with Crippen molar-refractivity contribution in [2.24, 2.45) is 0 Å². The molecule has 1 N–H and O–H groups in total. The molecule has 3 rings (SSSR count). The molecule has 0 fully saturated rings. The Hall–Kier alpha value is -2.06. The molecule has 0 aliphatic carbocycles. The third-order valence-corrected chi connectivity index (χ3v) is 3.30. The van der Waals surface area contributed by atoms with Gasteiger partial charge in [-0.05, 0) is 11.6 Å². The Morgan fingerprint density at radius 2 is 1.67 bits per heavy atom. The van der Waals surface area contributed by atoms with Gasteiger partial charge < -0.3 is 9.84 Å². The molecule has 2 aromatic carbocycles. The van der Waals surface area contributed by atoms with Crippen molar-refractivity contribution in [1.82, 2.24) is 0 Å². The first kappa shape index (κ1) is 11.1. The van der Waals surface area contributed by atoms with E-state index >= 15 is 0 Å². The third kappa shape index (κ3) is 1.71. The highest BCUT2D eigenvalue weighted by Crippen LogP contribution is 2.46. The highest BCUT2D eigenvalue weighted by atomic mass is 16.5. The zero-order valence-electron chi connectivity index (χ0n) is 9.91. The largest absolute Gasteiger partial charge is 0.461 e.